The molecule has 0 aliphatic rings. The van der Waals surface area contributed by atoms with Gasteiger partial charge in [-0.25, -0.2) is 4.39 Å². The van der Waals surface area contributed by atoms with Crippen LogP contribution in [0.25, 0.3) is 0 Å². The fourth-order valence-electron chi connectivity index (χ4n) is 1.74. The average Bonchev–Trinajstić information content (AvgIpc) is 2.41. The first-order valence-corrected chi connectivity index (χ1v) is 6.47. The van der Waals surface area contributed by atoms with Crippen LogP contribution < -0.4 is 15.4 Å². The van der Waals surface area contributed by atoms with Crippen molar-refractivity contribution in [3.05, 3.63) is 53.8 Å². The van der Waals surface area contributed by atoms with Gasteiger partial charge in [-0.3, -0.25) is 0 Å². The van der Waals surface area contributed by atoms with Crippen LogP contribution >= 0.6 is 12.2 Å². The van der Waals surface area contributed by atoms with E-state index in [1.807, 2.05) is 25.1 Å². The number of ether oxygens (including phenoxy) is 1. The number of nitrogens with one attached hydrogen (secondary N) is 2. The largest absolute Gasteiger partial charge is 0.495 e. The first-order chi connectivity index (χ1) is 9.58. The van der Waals surface area contributed by atoms with Crippen LogP contribution in [0.5, 0.6) is 5.75 Å². The molecule has 20 heavy (non-hydrogen) atoms. The maximum absolute atomic E-state index is 12.8. The molecule has 0 saturated carbocycles. The van der Waals surface area contributed by atoms with Gasteiger partial charge in [0.1, 0.15) is 11.6 Å². The van der Waals surface area contributed by atoms with E-state index in [-0.39, 0.29) is 5.82 Å². The molecular weight excluding hydrogens is 275 g/mol. The van der Waals surface area contributed by atoms with Crippen LogP contribution in [0.2, 0.25) is 0 Å². The summed E-state index contributed by atoms with van der Waals surface area (Å²) in [5.41, 5.74) is 2.60. The van der Waals surface area contributed by atoms with Crippen LogP contribution in [0.4, 0.5) is 15.8 Å². The highest BCUT2D eigenvalue weighted by Crippen LogP contribution is 2.25. The molecule has 0 atom stereocenters. The lowest BCUT2D eigenvalue weighted by Crippen LogP contribution is -2.19. The van der Waals surface area contributed by atoms with E-state index >= 15 is 0 Å². The van der Waals surface area contributed by atoms with Crippen molar-refractivity contribution in [2.45, 2.75) is 6.92 Å². The minimum Gasteiger partial charge on any atom is -0.495 e. The number of methoxy groups -OCH3 is 1. The first-order valence-electron chi connectivity index (χ1n) is 6.06. The van der Waals surface area contributed by atoms with E-state index in [1.165, 1.54) is 12.1 Å². The highest BCUT2D eigenvalue weighted by Gasteiger charge is 2.05. The Morgan fingerprint density at radius 3 is 2.45 bits per heavy atom. The van der Waals surface area contributed by atoms with Crippen molar-refractivity contribution < 1.29 is 9.13 Å². The van der Waals surface area contributed by atoms with E-state index in [1.54, 1.807) is 19.2 Å². The van der Waals surface area contributed by atoms with Gasteiger partial charge in [0.2, 0.25) is 0 Å². The standard InChI is InChI=1S/C15H15FN2OS/c1-10-3-8-14(19-2)13(9-10)18-15(20)17-12-6-4-11(16)5-7-12/h3-9H,1-2H3,(H2,17,18,20). The van der Waals surface area contributed by atoms with Gasteiger partial charge in [0.15, 0.2) is 5.11 Å². The lowest BCUT2D eigenvalue weighted by Gasteiger charge is -2.14. The summed E-state index contributed by atoms with van der Waals surface area (Å²) in [5.74, 6) is 0.425. The summed E-state index contributed by atoms with van der Waals surface area (Å²) in [6.45, 7) is 1.99. The average molecular weight is 290 g/mol. The van der Waals surface area contributed by atoms with E-state index in [0.29, 0.717) is 10.9 Å². The normalized spacial score (nSPS) is 9.95. The van der Waals surface area contributed by atoms with Gasteiger partial charge in [-0.05, 0) is 61.1 Å². The second-order valence-corrected chi connectivity index (χ2v) is 4.70. The van der Waals surface area contributed by atoms with Gasteiger partial charge in [-0.2, -0.15) is 0 Å². The Morgan fingerprint density at radius 1 is 1.10 bits per heavy atom. The zero-order valence-corrected chi connectivity index (χ0v) is 12.1. The molecule has 0 radical (unpaired) electrons. The van der Waals surface area contributed by atoms with Gasteiger partial charge in [-0.15, -0.1) is 0 Å². The molecule has 2 N–H and O–H groups in total. The van der Waals surface area contributed by atoms with Gasteiger partial charge < -0.3 is 15.4 Å². The molecule has 0 fully saturated rings. The minimum atomic E-state index is -0.283. The Balaban J connectivity index is 2.08. The van der Waals surface area contributed by atoms with Gasteiger partial charge in [-0.1, -0.05) is 6.07 Å². The molecule has 0 unspecified atom stereocenters. The third-order valence-electron chi connectivity index (χ3n) is 2.71. The Morgan fingerprint density at radius 2 is 1.80 bits per heavy atom. The van der Waals surface area contributed by atoms with Crippen molar-refractivity contribution in [1.29, 1.82) is 0 Å². The monoisotopic (exact) mass is 290 g/mol. The van der Waals surface area contributed by atoms with Crippen LogP contribution in [0.15, 0.2) is 42.5 Å². The number of hydrogen-bond donors (Lipinski definition) is 2. The molecule has 0 aliphatic heterocycles. The molecule has 0 amide bonds. The molecule has 0 aromatic heterocycles. The maximum atomic E-state index is 12.8. The van der Waals surface area contributed by atoms with E-state index < -0.39 is 0 Å². The van der Waals surface area contributed by atoms with Crippen molar-refractivity contribution in [2.75, 3.05) is 17.7 Å². The topological polar surface area (TPSA) is 33.3 Å². The molecular formula is C15H15FN2OS. The molecule has 5 heteroatoms. The van der Waals surface area contributed by atoms with Crippen molar-refractivity contribution in [1.82, 2.24) is 0 Å². The summed E-state index contributed by atoms with van der Waals surface area (Å²) >= 11 is 5.23. The summed E-state index contributed by atoms with van der Waals surface area (Å²) in [7, 11) is 1.60. The van der Waals surface area contributed by atoms with Crippen LogP contribution in [0.1, 0.15) is 5.56 Å². The summed E-state index contributed by atoms with van der Waals surface area (Å²) in [6, 6.07) is 11.8. The summed E-state index contributed by atoms with van der Waals surface area (Å²) in [5, 5.41) is 6.47. The second-order valence-electron chi connectivity index (χ2n) is 4.29. The number of anilines is 2. The van der Waals surface area contributed by atoms with Crippen LogP contribution in [0.3, 0.4) is 0 Å². The molecule has 0 saturated heterocycles. The van der Waals surface area contributed by atoms with E-state index in [4.69, 9.17) is 17.0 Å². The third-order valence-corrected chi connectivity index (χ3v) is 2.91. The van der Waals surface area contributed by atoms with Crippen molar-refractivity contribution in [2.24, 2.45) is 0 Å². The molecule has 0 bridgehead atoms. The molecule has 0 spiro atoms. The smallest absolute Gasteiger partial charge is 0.175 e. The Kier molecular flexibility index (Phi) is 4.53. The SMILES string of the molecule is COc1ccc(C)cc1NC(=S)Nc1ccc(F)cc1. The third kappa shape index (κ3) is 3.68. The predicted octanol–water partition coefficient (Wildman–Crippen LogP) is 3.95. The van der Waals surface area contributed by atoms with Gasteiger partial charge >= 0.3 is 0 Å². The predicted molar refractivity (Wildman–Crippen MR) is 84.0 cm³/mol. The van der Waals surface area contributed by atoms with Crippen LogP contribution in [-0.2, 0) is 0 Å². The molecule has 3 nitrogen and oxygen atoms in total. The van der Waals surface area contributed by atoms with Crippen molar-refractivity contribution >= 4 is 28.7 Å². The van der Waals surface area contributed by atoms with Crippen LogP contribution in [-0.4, -0.2) is 12.2 Å². The van der Waals surface area contributed by atoms with Gasteiger partial charge in [0.25, 0.3) is 0 Å². The Bertz CT molecular complexity index is 614. The molecule has 2 aromatic carbocycles. The minimum absolute atomic E-state index is 0.283. The van der Waals surface area contributed by atoms with Gasteiger partial charge in [0.05, 0.1) is 12.8 Å². The fourth-order valence-corrected chi connectivity index (χ4v) is 1.97. The highest BCUT2D eigenvalue weighted by molar-refractivity contribution is 7.80. The summed E-state index contributed by atoms with van der Waals surface area (Å²) in [4.78, 5) is 0. The lowest BCUT2D eigenvalue weighted by atomic mass is 10.2. The Labute approximate surface area is 122 Å². The number of halogens is 1. The summed E-state index contributed by atoms with van der Waals surface area (Å²) < 4.78 is 18.1. The number of aryl methyl sites for hydroxylation is 1. The lowest BCUT2D eigenvalue weighted by molar-refractivity contribution is 0.417. The first kappa shape index (κ1) is 14.3. The maximum Gasteiger partial charge on any atom is 0.175 e. The number of thiocarbonyl (C=S) groups is 1. The zero-order chi connectivity index (χ0) is 14.5. The van der Waals surface area contributed by atoms with Crippen LogP contribution in [0, 0.1) is 12.7 Å². The second kappa shape index (κ2) is 6.34. The van der Waals surface area contributed by atoms with E-state index in [0.717, 1.165) is 16.9 Å². The Hall–Kier alpha value is -2.14. The van der Waals surface area contributed by atoms with E-state index in [2.05, 4.69) is 10.6 Å². The molecule has 0 heterocycles. The molecule has 0 aliphatic carbocycles. The van der Waals surface area contributed by atoms with Crippen molar-refractivity contribution in [3.63, 3.8) is 0 Å². The highest BCUT2D eigenvalue weighted by atomic mass is 32.1. The quantitative estimate of drug-likeness (QED) is 0.839. The van der Waals surface area contributed by atoms with E-state index in [9.17, 15) is 4.39 Å². The zero-order valence-electron chi connectivity index (χ0n) is 11.2. The number of rotatable bonds is 3. The summed E-state index contributed by atoms with van der Waals surface area (Å²) in [6.07, 6.45) is 0. The van der Waals surface area contributed by atoms with Crippen molar-refractivity contribution in [3.8, 4) is 5.75 Å². The fraction of sp³-hybridized carbons (Fsp3) is 0.133. The number of benzene rings is 2. The van der Waals surface area contributed by atoms with Gasteiger partial charge in [0, 0.05) is 5.69 Å². The molecule has 104 valence electrons. The number of hydrogen-bond acceptors (Lipinski definition) is 2. The molecule has 2 rings (SSSR count). The molecule has 2 aromatic rings.